The van der Waals surface area contributed by atoms with Crippen molar-refractivity contribution in [2.45, 2.75) is 25.4 Å². The van der Waals surface area contributed by atoms with Crippen molar-refractivity contribution in [3.05, 3.63) is 99.6 Å². The van der Waals surface area contributed by atoms with E-state index in [-0.39, 0.29) is 23.0 Å². The lowest BCUT2D eigenvalue weighted by Crippen LogP contribution is -2.28. The molecule has 33 heavy (non-hydrogen) atoms. The average Bonchev–Trinajstić information content (AvgIpc) is 2.80. The minimum Gasteiger partial charge on any atom is -0.355 e. The van der Waals surface area contributed by atoms with Crippen LogP contribution in [0.3, 0.4) is 0 Å². The van der Waals surface area contributed by atoms with Gasteiger partial charge in [0, 0.05) is 6.54 Å². The monoisotopic (exact) mass is 461 g/mol. The van der Waals surface area contributed by atoms with Crippen molar-refractivity contribution in [2.24, 2.45) is 0 Å². The smallest absolute Gasteiger partial charge is 0.266 e. The number of aryl methyl sites for hydroxylation is 2. The summed E-state index contributed by atoms with van der Waals surface area (Å²) in [6.07, 6.45) is 0.609. The minimum atomic E-state index is -0.281. The SMILES string of the molecule is Cc1ccc(-n2c(SCC(=O)NCCc3ccc(F)cc3)nc3ccccc3c2=O)c(C)c1. The first-order chi connectivity index (χ1) is 15.9. The lowest BCUT2D eigenvalue weighted by molar-refractivity contribution is -0.118. The van der Waals surface area contributed by atoms with Crippen molar-refractivity contribution in [1.29, 1.82) is 0 Å². The molecular formula is C26H24FN3O2S. The van der Waals surface area contributed by atoms with Crippen molar-refractivity contribution in [1.82, 2.24) is 14.9 Å². The van der Waals surface area contributed by atoms with Gasteiger partial charge in [-0.15, -0.1) is 0 Å². The molecule has 0 saturated carbocycles. The summed E-state index contributed by atoms with van der Waals surface area (Å²) < 4.78 is 14.6. The van der Waals surface area contributed by atoms with Crippen LogP contribution in [0, 0.1) is 19.7 Å². The molecule has 0 saturated heterocycles. The zero-order valence-corrected chi connectivity index (χ0v) is 19.3. The molecule has 1 heterocycles. The molecule has 4 rings (SSSR count). The van der Waals surface area contributed by atoms with E-state index in [0.717, 1.165) is 22.4 Å². The van der Waals surface area contributed by atoms with Gasteiger partial charge in [0.25, 0.3) is 5.56 Å². The maximum absolute atomic E-state index is 13.4. The Hall–Kier alpha value is -3.45. The highest BCUT2D eigenvalue weighted by Gasteiger charge is 2.16. The highest BCUT2D eigenvalue weighted by molar-refractivity contribution is 7.99. The van der Waals surface area contributed by atoms with Crippen molar-refractivity contribution >= 4 is 28.6 Å². The van der Waals surface area contributed by atoms with Gasteiger partial charge in [0.2, 0.25) is 5.91 Å². The molecule has 0 unspecified atom stereocenters. The highest BCUT2D eigenvalue weighted by Crippen LogP contribution is 2.23. The van der Waals surface area contributed by atoms with Crippen LogP contribution >= 0.6 is 11.8 Å². The van der Waals surface area contributed by atoms with E-state index in [0.29, 0.717) is 29.0 Å². The predicted octanol–water partition coefficient (Wildman–Crippen LogP) is 4.59. The van der Waals surface area contributed by atoms with Crippen LogP contribution in [0.25, 0.3) is 16.6 Å². The number of nitrogens with one attached hydrogen (secondary N) is 1. The normalized spacial score (nSPS) is 11.0. The summed E-state index contributed by atoms with van der Waals surface area (Å²) in [5.41, 5.74) is 4.20. The van der Waals surface area contributed by atoms with Crippen LogP contribution in [-0.2, 0) is 11.2 Å². The van der Waals surface area contributed by atoms with Gasteiger partial charge < -0.3 is 5.32 Å². The Labute approximate surface area is 195 Å². The number of rotatable bonds is 7. The fourth-order valence-corrected chi connectivity index (χ4v) is 4.49. The van der Waals surface area contributed by atoms with E-state index in [2.05, 4.69) is 5.32 Å². The Balaban J connectivity index is 1.54. The molecule has 168 valence electrons. The molecule has 0 radical (unpaired) electrons. The summed E-state index contributed by atoms with van der Waals surface area (Å²) in [5.74, 6) is -0.312. The summed E-state index contributed by atoms with van der Waals surface area (Å²) in [4.78, 5) is 30.5. The Morgan fingerprint density at radius 3 is 2.58 bits per heavy atom. The third-order valence-electron chi connectivity index (χ3n) is 5.32. The summed E-state index contributed by atoms with van der Waals surface area (Å²) in [6.45, 7) is 4.41. The number of carbonyl (C=O) groups is 1. The molecule has 0 atom stereocenters. The van der Waals surface area contributed by atoms with E-state index < -0.39 is 0 Å². The first kappa shape index (κ1) is 22.7. The number of carbonyl (C=O) groups excluding carboxylic acids is 1. The summed E-state index contributed by atoms with van der Waals surface area (Å²) in [7, 11) is 0. The average molecular weight is 462 g/mol. The van der Waals surface area contributed by atoms with Crippen molar-refractivity contribution in [2.75, 3.05) is 12.3 Å². The molecule has 4 aromatic rings. The van der Waals surface area contributed by atoms with Crippen molar-refractivity contribution in [3.8, 4) is 5.69 Å². The number of halogens is 1. The first-order valence-corrected chi connectivity index (χ1v) is 11.6. The zero-order chi connectivity index (χ0) is 23.4. The number of aromatic nitrogens is 2. The van der Waals surface area contributed by atoms with Crippen LogP contribution in [0.5, 0.6) is 0 Å². The second-order valence-electron chi connectivity index (χ2n) is 7.86. The molecule has 5 nitrogen and oxygen atoms in total. The fourth-order valence-electron chi connectivity index (χ4n) is 3.66. The van der Waals surface area contributed by atoms with Crippen LogP contribution in [0.15, 0.2) is 76.7 Å². The van der Waals surface area contributed by atoms with Gasteiger partial charge in [-0.2, -0.15) is 0 Å². The van der Waals surface area contributed by atoms with Crippen LogP contribution in [0.4, 0.5) is 4.39 Å². The van der Waals surface area contributed by atoms with E-state index in [9.17, 15) is 14.0 Å². The van der Waals surface area contributed by atoms with E-state index in [4.69, 9.17) is 4.98 Å². The first-order valence-electron chi connectivity index (χ1n) is 10.7. The quantitative estimate of drug-likeness (QED) is 0.323. The van der Waals surface area contributed by atoms with Gasteiger partial charge in [0.1, 0.15) is 5.82 Å². The molecule has 7 heteroatoms. The second kappa shape index (κ2) is 10.0. The molecular weight excluding hydrogens is 437 g/mol. The van der Waals surface area contributed by atoms with Crippen LogP contribution in [0.2, 0.25) is 0 Å². The van der Waals surface area contributed by atoms with Gasteiger partial charge in [0.05, 0.1) is 22.3 Å². The predicted molar refractivity (Wildman–Crippen MR) is 131 cm³/mol. The van der Waals surface area contributed by atoms with Crippen molar-refractivity contribution < 1.29 is 9.18 Å². The van der Waals surface area contributed by atoms with Crippen LogP contribution < -0.4 is 10.9 Å². The van der Waals surface area contributed by atoms with Gasteiger partial charge >= 0.3 is 0 Å². The fraction of sp³-hybridized carbons (Fsp3) is 0.192. The summed E-state index contributed by atoms with van der Waals surface area (Å²) in [5, 5.41) is 3.88. The van der Waals surface area contributed by atoms with Gasteiger partial charge in [-0.25, -0.2) is 9.37 Å². The van der Waals surface area contributed by atoms with E-state index >= 15 is 0 Å². The number of hydrogen-bond donors (Lipinski definition) is 1. The maximum atomic E-state index is 13.4. The lowest BCUT2D eigenvalue weighted by atomic mass is 10.1. The van der Waals surface area contributed by atoms with E-state index in [1.54, 1.807) is 28.8 Å². The Morgan fingerprint density at radius 2 is 1.82 bits per heavy atom. The number of nitrogens with zero attached hydrogens (tertiary/aromatic N) is 2. The Bertz CT molecular complexity index is 1370. The zero-order valence-electron chi connectivity index (χ0n) is 18.5. The lowest BCUT2D eigenvalue weighted by Gasteiger charge is -2.15. The molecule has 0 aliphatic heterocycles. The third-order valence-corrected chi connectivity index (χ3v) is 6.26. The van der Waals surface area contributed by atoms with Gasteiger partial charge in [-0.1, -0.05) is 53.7 Å². The molecule has 0 aliphatic rings. The number of hydrogen-bond acceptors (Lipinski definition) is 4. The topological polar surface area (TPSA) is 64.0 Å². The largest absolute Gasteiger partial charge is 0.355 e. The molecule has 0 bridgehead atoms. The number of benzene rings is 3. The summed E-state index contributed by atoms with van der Waals surface area (Å²) >= 11 is 1.23. The van der Waals surface area contributed by atoms with Crippen LogP contribution in [-0.4, -0.2) is 27.8 Å². The molecule has 1 amide bonds. The number of thioether (sulfide) groups is 1. The molecule has 1 N–H and O–H groups in total. The molecule has 0 fully saturated rings. The number of para-hydroxylation sites is 1. The second-order valence-corrected chi connectivity index (χ2v) is 8.80. The molecule has 1 aromatic heterocycles. The highest BCUT2D eigenvalue weighted by atomic mass is 32.2. The summed E-state index contributed by atoms with van der Waals surface area (Å²) in [6, 6.07) is 19.3. The minimum absolute atomic E-state index is 0.124. The van der Waals surface area contributed by atoms with Crippen LogP contribution in [0.1, 0.15) is 16.7 Å². The molecule has 0 aliphatic carbocycles. The van der Waals surface area contributed by atoms with Gasteiger partial charge in [-0.05, 0) is 61.7 Å². The Morgan fingerprint density at radius 1 is 1.06 bits per heavy atom. The molecule has 0 spiro atoms. The van der Waals surface area contributed by atoms with Crippen molar-refractivity contribution in [3.63, 3.8) is 0 Å². The maximum Gasteiger partial charge on any atom is 0.266 e. The standard InChI is InChI=1S/C26H24FN3O2S/c1-17-7-12-23(18(2)15-17)30-25(32)21-5-3-4-6-22(21)29-26(30)33-16-24(31)28-14-13-19-8-10-20(27)11-9-19/h3-12,15H,13-14,16H2,1-2H3,(H,28,31). The van der Waals surface area contributed by atoms with E-state index in [1.165, 1.54) is 23.9 Å². The molecule has 3 aromatic carbocycles. The number of fused-ring (bicyclic) bond motifs is 1. The van der Waals surface area contributed by atoms with Gasteiger partial charge in [-0.3, -0.25) is 14.2 Å². The van der Waals surface area contributed by atoms with Gasteiger partial charge in [0.15, 0.2) is 5.16 Å². The number of amides is 1. The van der Waals surface area contributed by atoms with E-state index in [1.807, 2.05) is 44.2 Å². The third kappa shape index (κ3) is 5.31. The Kier molecular flexibility index (Phi) is 6.89.